The first kappa shape index (κ1) is 20.9. The monoisotopic (exact) mass is 395 g/mol. The summed E-state index contributed by atoms with van der Waals surface area (Å²) in [7, 11) is 0. The van der Waals surface area contributed by atoms with E-state index in [1.54, 1.807) is 0 Å². The van der Waals surface area contributed by atoms with Crippen LogP contribution < -0.4 is 14.8 Å². The van der Waals surface area contributed by atoms with Crippen LogP contribution >= 0.6 is 23.2 Å². The van der Waals surface area contributed by atoms with Gasteiger partial charge in [-0.25, -0.2) is 0 Å². The Morgan fingerprint density at radius 1 is 1.00 bits per heavy atom. The predicted octanol–water partition coefficient (Wildman–Crippen LogP) is 6.11. The molecule has 142 valence electrons. The lowest BCUT2D eigenvalue weighted by Gasteiger charge is -2.15. The van der Waals surface area contributed by atoms with Gasteiger partial charge in [-0.15, -0.1) is 0 Å². The fourth-order valence-electron chi connectivity index (χ4n) is 2.49. The van der Waals surface area contributed by atoms with E-state index in [1.807, 2.05) is 37.3 Å². The van der Waals surface area contributed by atoms with Crippen LogP contribution in [0.3, 0.4) is 0 Å². The molecule has 0 aliphatic rings. The van der Waals surface area contributed by atoms with Crippen molar-refractivity contribution in [3.8, 4) is 11.5 Å². The number of nitrogens with one attached hydrogen (secondary N) is 1. The number of hydrogen-bond acceptors (Lipinski definition) is 3. The molecule has 3 nitrogen and oxygen atoms in total. The molecule has 0 bridgehead atoms. The van der Waals surface area contributed by atoms with Crippen LogP contribution in [0.4, 0.5) is 0 Å². The van der Waals surface area contributed by atoms with E-state index in [2.05, 4.69) is 25.2 Å². The highest BCUT2D eigenvalue weighted by atomic mass is 35.5. The van der Waals surface area contributed by atoms with Gasteiger partial charge in [0.15, 0.2) is 11.5 Å². The zero-order valence-corrected chi connectivity index (χ0v) is 17.2. The van der Waals surface area contributed by atoms with Gasteiger partial charge in [-0.05, 0) is 55.6 Å². The van der Waals surface area contributed by atoms with Gasteiger partial charge >= 0.3 is 0 Å². The van der Waals surface area contributed by atoms with E-state index in [9.17, 15) is 0 Å². The molecule has 1 N–H and O–H groups in total. The van der Waals surface area contributed by atoms with Crippen LogP contribution in [0, 0.1) is 5.92 Å². The average Bonchev–Trinajstić information content (AvgIpc) is 2.60. The van der Waals surface area contributed by atoms with E-state index in [4.69, 9.17) is 32.7 Å². The quantitative estimate of drug-likeness (QED) is 0.492. The lowest BCUT2D eigenvalue weighted by atomic mass is 10.1. The van der Waals surface area contributed by atoms with Gasteiger partial charge in [-0.1, -0.05) is 49.2 Å². The number of hydrogen-bond donors (Lipinski definition) is 1. The summed E-state index contributed by atoms with van der Waals surface area (Å²) in [4.78, 5) is 0. The lowest BCUT2D eigenvalue weighted by Crippen LogP contribution is -2.16. The molecular weight excluding hydrogens is 369 g/mol. The molecule has 2 rings (SSSR count). The molecule has 0 spiro atoms. The molecule has 0 heterocycles. The molecule has 0 amide bonds. The summed E-state index contributed by atoms with van der Waals surface area (Å²) < 4.78 is 11.7. The molecule has 5 heteroatoms. The van der Waals surface area contributed by atoms with E-state index in [0.717, 1.165) is 30.8 Å². The van der Waals surface area contributed by atoms with Gasteiger partial charge in [-0.2, -0.15) is 0 Å². The van der Waals surface area contributed by atoms with Crippen molar-refractivity contribution in [3.63, 3.8) is 0 Å². The van der Waals surface area contributed by atoms with Gasteiger partial charge < -0.3 is 14.8 Å². The maximum atomic E-state index is 6.21. The fraction of sp³-hybridized carbons (Fsp3) is 0.429. The van der Waals surface area contributed by atoms with Gasteiger partial charge in [0.1, 0.15) is 6.61 Å². The van der Waals surface area contributed by atoms with E-state index >= 15 is 0 Å². The van der Waals surface area contributed by atoms with Crippen molar-refractivity contribution in [3.05, 3.63) is 57.6 Å². The molecule has 0 aliphatic carbocycles. The molecule has 2 aromatic rings. The summed E-state index contributed by atoms with van der Waals surface area (Å²) in [6.07, 6.45) is 1.16. The topological polar surface area (TPSA) is 30.5 Å². The minimum atomic E-state index is 0.296. The van der Waals surface area contributed by atoms with Crippen LogP contribution in [0.15, 0.2) is 36.4 Å². The highest BCUT2D eigenvalue weighted by Gasteiger charge is 2.10. The van der Waals surface area contributed by atoms with Crippen LogP contribution in [0.5, 0.6) is 11.5 Å². The van der Waals surface area contributed by atoms with Gasteiger partial charge in [0.25, 0.3) is 0 Å². The van der Waals surface area contributed by atoms with Crippen molar-refractivity contribution in [1.29, 1.82) is 0 Å². The van der Waals surface area contributed by atoms with E-state index in [0.29, 0.717) is 34.9 Å². The number of benzene rings is 2. The van der Waals surface area contributed by atoms with Gasteiger partial charge in [0.05, 0.1) is 6.61 Å². The maximum Gasteiger partial charge on any atom is 0.161 e. The summed E-state index contributed by atoms with van der Waals surface area (Å²) in [5.74, 6) is 2.13. The molecule has 0 saturated heterocycles. The maximum absolute atomic E-state index is 6.21. The SMILES string of the molecule is CCOc1cc(CNCCC(C)C)ccc1OCc1c(Cl)cccc1Cl. The molecule has 0 aliphatic heterocycles. The van der Waals surface area contributed by atoms with E-state index in [1.165, 1.54) is 5.56 Å². The Balaban J connectivity index is 2.03. The van der Waals surface area contributed by atoms with Crippen LogP contribution in [-0.4, -0.2) is 13.2 Å². The Bertz CT molecular complexity index is 684. The molecule has 0 atom stereocenters. The number of rotatable bonds is 10. The third kappa shape index (κ3) is 6.39. The molecule has 2 aromatic carbocycles. The average molecular weight is 396 g/mol. The molecule has 26 heavy (non-hydrogen) atoms. The smallest absolute Gasteiger partial charge is 0.161 e. The summed E-state index contributed by atoms with van der Waals surface area (Å²) in [5, 5.41) is 4.66. The largest absolute Gasteiger partial charge is 0.490 e. The summed E-state index contributed by atoms with van der Waals surface area (Å²) in [6.45, 7) is 9.10. The molecule has 0 radical (unpaired) electrons. The third-order valence-electron chi connectivity index (χ3n) is 3.97. The summed E-state index contributed by atoms with van der Waals surface area (Å²) >= 11 is 12.4. The Hall–Kier alpha value is -1.42. The lowest BCUT2D eigenvalue weighted by molar-refractivity contribution is 0.269. The summed E-state index contributed by atoms with van der Waals surface area (Å²) in [6, 6.07) is 11.4. The second-order valence-electron chi connectivity index (χ2n) is 6.56. The third-order valence-corrected chi connectivity index (χ3v) is 4.68. The van der Waals surface area contributed by atoms with Crippen molar-refractivity contribution in [1.82, 2.24) is 5.32 Å². The van der Waals surface area contributed by atoms with Crippen LogP contribution in [0.1, 0.15) is 38.3 Å². The zero-order valence-electron chi connectivity index (χ0n) is 15.6. The van der Waals surface area contributed by atoms with Crippen molar-refractivity contribution < 1.29 is 9.47 Å². The summed E-state index contributed by atoms with van der Waals surface area (Å²) in [5.41, 5.74) is 1.94. The number of halogens is 2. The highest BCUT2D eigenvalue weighted by Crippen LogP contribution is 2.31. The van der Waals surface area contributed by atoms with Crippen LogP contribution in [-0.2, 0) is 13.2 Å². The second-order valence-corrected chi connectivity index (χ2v) is 7.38. The van der Waals surface area contributed by atoms with Crippen LogP contribution in [0.25, 0.3) is 0 Å². The Labute approximate surface area is 166 Å². The van der Waals surface area contributed by atoms with Crippen molar-refractivity contribution >= 4 is 23.2 Å². The first-order valence-corrected chi connectivity index (χ1v) is 9.79. The van der Waals surface area contributed by atoms with Gasteiger partial charge in [0, 0.05) is 22.2 Å². The second kappa shape index (κ2) is 10.7. The fourth-order valence-corrected chi connectivity index (χ4v) is 3.00. The highest BCUT2D eigenvalue weighted by molar-refractivity contribution is 6.35. The molecule has 0 saturated carbocycles. The first-order chi connectivity index (χ1) is 12.5. The molecule has 0 aromatic heterocycles. The number of ether oxygens (including phenoxy) is 2. The van der Waals surface area contributed by atoms with Crippen molar-refractivity contribution in [2.24, 2.45) is 5.92 Å². The first-order valence-electron chi connectivity index (χ1n) is 9.03. The van der Waals surface area contributed by atoms with E-state index in [-0.39, 0.29) is 0 Å². The molecular formula is C21H27Cl2NO2. The molecule has 0 fully saturated rings. The zero-order chi connectivity index (χ0) is 18.9. The standard InChI is InChI=1S/C21H27Cl2NO2/c1-4-25-21-12-16(13-24-11-10-15(2)3)8-9-20(21)26-14-17-18(22)6-5-7-19(17)23/h5-9,12,15,24H,4,10-11,13-14H2,1-3H3. The Morgan fingerprint density at radius 3 is 2.38 bits per heavy atom. The Kier molecular flexibility index (Phi) is 8.56. The predicted molar refractivity (Wildman–Crippen MR) is 110 cm³/mol. The minimum Gasteiger partial charge on any atom is -0.490 e. The normalized spacial score (nSPS) is 11.0. The van der Waals surface area contributed by atoms with E-state index < -0.39 is 0 Å². The van der Waals surface area contributed by atoms with Crippen molar-refractivity contribution in [2.45, 2.75) is 40.3 Å². The van der Waals surface area contributed by atoms with Crippen molar-refractivity contribution in [2.75, 3.05) is 13.2 Å². The van der Waals surface area contributed by atoms with Gasteiger partial charge in [-0.3, -0.25) is 0 Å². The molecule has 0 unspecified atom stereocenters. The Morgan fingerprint density at radius 2 is 1.73 bits per heavy atom. The van der Waals surface area contributed by atoms with Gasteiger partial charge in [0.2, 0.25) is 0 Å². The van der Waals surface area contributed by atoms with Crippen LogP contribution in [0.2, 0.25) is 10.0 Å². The minimum absolute atomic E-state index is 0.296.